The molecule has 0 aromatic heterocycles. The van der Waals surface area contributed by atoms with Crippen molar-refractivity contribution in [2.24, 2.45) is 0 Å². The van der Waals surface area contributed by atoms with Crippen molar-refractivity contribution in [2.75, 3.05) is 39.3 Å². The second kappa shape index (κ2) is 5.65. The Bertz CT molecular complexity index is 240. The van der Waals surface area contributed by atoms with E-state index in [1.807, 2.05) is 0 Å². The number of nitrogens with zero attached hydrogens (tertiary/aromatic N) is 1. The van der Waals surface area contributed by atoms with Crippen LogP contribution in [0.25, 0.3) is 0 Å². The average Bonchev–Trinajstić information content (AvgIpc) is 2.25. The minimum atomic E-state index is -0.0106. The van der Waals surface area contributed by atoms with Gasteiger partial charge >= 0.3 is 0 Å². The van der Waals surface area contributed by atoms with Crippen molar-refractivity contribution in [1.29, 1.82) is 0 Å². The third-order valence-electron chi connectivity index (χ3n) is 3.41. The molecule has 0 bridgehead atoms. The third-order valence-corrected chi connectivity index (χ3v) is 3.41. The smallest absolute Gasteiger partial charge is 0.0757 e. The molecule has 17 heavy (non-hydrogen) atoms. The summed E-state index contributed by atoms with van der Waals surface area (Å²) >= 11 is 0. The monoisotopic (exact) mass is 242 g/mol. The van der Waals surface area contributed by atoms with E-state index in [0.717, 1.165) is 45.8 Å². The Morgan fingerprint density at radius 1 is 1.41 bits per heavy atom. The maximum absolute atomic E-state index is 5.91. The third kappa shape index (κ3) is 4.21. The summed E-state index contributed by atoms with van der Waals surface area (Å²) in [7, 11) is 0. The molecule has 0 aromatic carbocycles. The zero-order valence-electron chi connectivity index (χ0n) is 11.4. The van der Waals surface area contributed by atoms with Crippen LogP contribution in [0.2, 0.25) is 0 Å². The fourth-order valence-corrected chi connectivity index (χ4v) is 2.89. The molecule has 100 valence electrons. The number of hydrogen-bond acceptors (Lipinski definition) is 4. The van der Waals surface area contributed by atoms with Crippen LogP contribution in [0.5, 0.6) is 0 Å². The molecule has 0 spiro atoms. The van der Waals surface area contributed by atoms with Gasteiger partial charge in [0.05, 0.1) is 24.4 Å². The van der Waals surface area contributed by atoms with Crippen LogP contribution in [0.1, 0.15) is 27.2 Å². The predicted molar refractivity (Wildman–Crippen MR) is 68.3 cm³/mol. The summed E-state index contributed by atoms with van der Waals surface area (Å²) in [6, 6.07) is 0. The number of morpholine rings is 2. The highest BCUT2D eigenvalue weighted by molar-refractivity contribution is 4.83. The van der Waals surface area contributed by atoms with E-state index in [-0.39, 0.29) is 5.60 Å². The van der Waals surface area contributed by atoms with E-state index in [1.54, 1.807) is 0 Å². The van der Waals surface area contributed by atoms with E-state index in [9.17, 15) is 0 Å². The summed E-state index contributed by atoms with van der Waals surface area (Å²) in [6.45, 7) is 12.6. The highest BCUT2D eigenvalue weighted by atomic mass is 16.5. The molecule has 2 rings (SSSR count). The second-order valence-corrected chi connectivity index (χ2v) is 5.91. The van der Waals surface area contributed by atoms with E-state index in [0.29, 0.717) is 12.2 Å². The fraction of sp³-hybridized carbons (Fsp3) is 1.00. The lowest BCUT2D eigenvalue weighted by atomic mass is 10.0. The van der Waals surface area contributed by atoms with Gasteiger partial charge < -0.3 is 14.8 Å². The van der Waals surface area contributed by atoms with Crippen LogP contribution >= 0.6 is 0 Å². The van der Waals surface area contributed by atoms with Gasteiger partial charge in [-0.05, 0) is 27.2 Å². The van der Waals surface area contributed by atoms with Crippen LogP contribution in [0.3, 0.4) is 0 Å². The van der Waals surface area contributed by atoms with E-state index in [4.69, 9.17) is 9.47 Å². The zero-order valence-corrected chi connectivity index (χ0v) is 11.4. The van der Waals surface area contributed by atoms with Crippen molar-refractivity contribution in [3.63, 3.8) is 0 Å². The number of ether oxygens (including phenoxy) is 2. The molecule has 4 nitrogen and oxygen atoms in total. The lowest BCUT2D eigenvalue weighted by Crippen LogP contribution is -2.52. The first kappa shape index (κ1) is 13.3. The highest BCUT2D eigenvalue weighted by Crippen LogP contribution is 2.21. The molecule has 0 aromatic rings. The Balaban J connectivity index is 1.74. The van der Waals surface area contributed by atoms with Crippen molar-refractivity contribution in [2.45, 2.75) is 45.0 Å². The minimum Gasteiger partial charge on any atom is -0.376 e. The summed E-state index contributed by atoms with van der Waals surface area (Å²) < 4.78 is 11.6. The fourth-order valence-electron chi connectivity index (χ4n) is 2.89. The van der Waals surface area contributed by atoms with Gasteiger partial charge in [0.1, 0.15) is 0 Å². The van der Waals surface area contributed by atoms with E-state index in [1.165, 1.54) is 0 Å². The van der Waals surface area contributed by atoms with Crippen molar-refractivity contribution in [1.82, 2.24) is 10.2 Å². The number of rotatable bonds is 3. The van der Waals surface area contributed by atoms with Crippen molar-refractivity contribution in [3.8, 4) is 0 Å². The Morgan fingerprint density at radius 3 is 2.88 bits per heavy atom. The van der Waals surface area contributed by atoms with Gasteiger partial charge in [0, 0.05) is 32.7 Å². The molecule has 1 N–H and O–H groups in total. The first-order valence-corrected chi connectivity index (χ1v) is 6.78. The van der Waals surface area contributed by atoms with Gasteiger partial charge in [0.25, 0.3) is 0 Å². The first-order valence-electron chi connectivity index (χ1n) is 6.78. The normalized spacial score (nSPS) is 34.8. The molecule has 2 aliphatic heterocycles. The molecule has 2 unspecified atom stereocenters. The maximum atomic E-state index is 5.91. The first-order chi connectivity index (χ1) is 8.05. The quantitative estimate of drug-likeness (QED) is 0.796. The Morgan fingerprint density at radius 2 is 2.24 bits per heavy atom. The molecule has 0 radical (unpaired) electrons. The van der Waals surface area contributed by atoms with Crippen molar-refractivity contribution < 1.29 is 9.47 Å². The van der Waals surface area contributed by atoms with Gasteiger partial charge in [-0.1, -0.05) is 0 Å². The van der Waals surface area contributed by atoms with Gasteiger partial charge in [-0.25, -0.2) is 0 Å². The Kier molecular flexibility index (Phi) is 4.42. The largest absolute Gasteiger partial charge is 0.376 e. The summed E-state index contributed by atoms with van der Waals surface area (Å²) in [4.78, 5) is 2.51. The molecule has 0 amide bonds. The molecular weight excluding hydrogens is 216 g/mol. The SMILES string of the molecule is CC1CN(CCC2CNCCO2)CC(C)(C)O1. The van der Waals surface area contributed by atoms with Gasteiger partial charge in [-0.15, -0.1) is 0 Å². The van der Waals surface area contributed by atoms with Crippen LogP contribution < -0.4 is 5.32 Å². The molecule has 2 heterocycles. The summed E-state index contributed by atoms with van der Waals surface area (Å²) in [5, 5.41) is 3.38. The second-order valence-electron chi connectivity index (χ2n) is 5.91. The summed E-state index contributed by atoms with van der Waals surface area (Å²) in [5.74, 6) is 0. The van der Waals surface area contributed by atoms with Crippen LogP contribution in [0.4, 0.5) is 0 Å². The van der Waals surface area contributed by atoms with E-state index >= 15 is 0 Å². The maximum Gasteiger partial charge on any atom is 0.0757 e. The summed E-state index contributed by atoms with van der Waals surface area (Å²) in [6.07, 6.45) is 1.85. The van der Waals surface area contributed by atoms with Gasteiger partial charge in [-0.3, -0.25) is 4.90 Å². The highest BCUT2D eigenvalue weighted by Gasteiger charge is 2.31. The van der Waals surface area contributed by atoms with E-state index in [2.05, 4.69) is 31.0 Å². The molecule has 2 atom stereocenters. The van der Waals surface area contributed by atoms with Gasteiger partial charge in [-0.2, -0.15) is 0 Å². The Hall–Kier alpha value is -0.160. The lowest BCUT2D eigenvalue weighted by Gasteiger charge is -2.42. The van der Waals surface area contributed by atoms with Crippen molar-refractivity contribution in [3.05, 3.63) is 0 Å². The van der Waals surface area contributed by atoms with E-state index < -0.39 is 0 Å². The number of hydrogen-bond donors (Lipinski definition) is 1. The number of nitrogens with one attached hydrogen (secondary N) is 1. The van der Waals surface area contributed by atoms with Crippen LogP contribution in [-0.2, 0) is 9.47 Å². The molecule has 0 saturated carbocycles. The minimum absolute atomic E-state index is 0.0106. The van der Waals surface area contributed by atoms with Gasteiger partial charge in [0.2, 0.25) is 0 Å². The van der Waals surface area contributed by atoms with Gasteiger partial charge in [0.15, 0.2) is 0 Å². The predicted octanol–water partition coefficient (Wildman–Crippen LogP) is 0.864. The topological polar surface area (TPSA) is 33.7 Å². The summed E-state index contributed by atoms with van der Waals surface area (Å²) in [5.41, 5.74) is -0.0106. The standard InChI is InChI=1S/C13H26N2O2/c1-11-9-15(10-13(2,3)17-11)6-4-12-8-14-5-7-16-12/h11-12,14H,4-10H2,1-3H3. The van der Waals surface area contributed by atoms with Crippen LogP contribution in [0, 0.1) is 0 Å². The van der Waals surface area contributed by atoms with Crippen molar-refractivity contribution >= 4 is 0 Å². The lowest BCUT2D eigenvalue weighted by molar-refractivity contribution is -0.130. The molecule has 2 saturated heterocycles. The zero-order chi connectivity index (χ0) is 12.3. The Labute approximate surface area is 105 Å². The van der Waals surface area contributed by atoms with Crippen LogP contribution in [-0.4, -0.2) is 62.0 Å². The van der Waals surface area contributed by atoms with Crippen LogP contribution in [0.15, 0.2) is 0 Å². The molecule has 2 fully saturated rings. The molecule has 2 aliphatic rings. The average molecular weight is 242 g/mol. The molecule has 4 heteroatoms. The molecular formula is C13H26N2O2. The molecule has 0 aliphatic carbocycles.